The molecule has 2 aromatic carbocycles. The molecule has 0 bridgehead atoms. The maximum Gasteiger partial charge on any atom is 0.234 e. The van der Waals surface area contributed by atoms with Gasteiger partial charge in [0.2, 0.25) is 5.91 Å². The monoisotopic (exact) mass is 480 g/mol. The van der Waals surface area contributed by atoms with Gasteiger partial charge in [0.05, 0.1) is 5.75 Å². The third-order valence-electron chi connectivity index (χ3n) is 5.59. The smallest absolute Gasteiger partial charge is 0.234 e. The summed E-state index contributed by atoms with van der Waals surface area (Å²) in [7, 11) is 0. The molecule has 0 fully saturated rings. The van der Waals surface area contributed by atoms with Crippen LogP contribution in [-0.2, 0) is 11.3 Å². The van der Waals surface area contributed by atoms with E-state index >= 15 is 0 Å². The Morgan fingerprint density at radius 3 is 2.24 bits per heavy atom. The Morgan fingerprint density at radius 2 is 1.65 bits per heavy atom. The number of hydrogen-bond donors (Lipinski definition) is 1. The maximum atomic E-state index is 12.7. The van der Waals surface area contributed by atoms with E-state index in [-0.39, 0.29) is 17.8 Å². The van der Waals surface area contributed by atoms with Gasteiger partial charge >= 0.3 is 0 Å². The van der Waals surface area contributed by atoms with Gasteiger partial charge in [-0.2, -0.15) is 0 Å². The molecule has 0 spiro atoms. The number of benzene rings is 2. The fourth-order valence-electron chi connectivity index (χ4n) is 3.75. The second-order valence-electron chi connectivity index (χ2n) is 9.43. The van der Waals surface area contributed by atoms with Crippen molar-refractivity contribution in [2.45, 2.75) is 72.2 Å². The minimum Gasteiger partial charge on any atom is -0.483 e. The number of ether oxygens (including phenoxy) is 1. The number of rotatable bonds is 10. The van der Waals surface area contributed by atoms with Gasteiger partial charge in [-0.15, -0.1) is 10.2 Å². The minimum atomic E-state index is -0.269. The largest absolute Gasteiger partial charge is 0.483 e. The highest BCUT2D eigenvalue weighted by atomic mass is 32.2. The molecule has 0 aliphatic heterocycles. The van der Waals surface area contributed by atoms with Crippen molar-refractivity contribution in [2.24, 2.45) is 5.92 Å². The van der Waals surface area contributed by atoms with E-state index in [0.717, 1.165) is 40.1 Å². The van der Waals surface area contributed by atoms with Crippen LogP contribution in [0.15, 0.2) is 47.6 Å². The van der Waals surface area contributed by atoms with Crippen molar-refractivity contribution in [3.8, 4) is 5.75 Å². The van der Waals surface area contributed by atoms with Crippen LogP contribution >= 0.6 is 11.8 Å². The van der Waals surface area contributed by atoms with E-state index in [1.165, 1.54) is 17.3 Å². The zero-order chi connectivity index (χ0) is 24.8. The van der Waals surface area contributed by atoms with Crippen LogP contribution in [0.3, 0.4) is 0 Å². The first-order chi connectivity index (χ1) is 16.2. The summed E-state index contributed by atoms with van der Waals surface area (Å²) in [5.74, 6) is 2.65. The summed E-state index contributed by atoms with van der Waals surface area (Å²) in [5.41, 5.74) is 4.26. The summed E-state index contributed by atoms with van der Waals surface area (Å²) >= 11 is 1.40. The zero-order valence-corrected chi connectivity index (χ0v) is 22.1. The number of aromatic nitrogens is 3. The van der Waals surface area contributed by atoms with Gasteiger partial charge in [0.1, 0.15) is 5.75 Å². The summed E-state index contributed by atoms with van der Waals surface area (Å²) in [4.78, 5) is 12.7. The first-order valence-electron chi connectivity index (χ1n) is 11.8. The molecular weight excluding hydrogens is 444 g/mol. The van der Waals surface area contributed by atoms with Crippen LogP contribution in [0.4, 0.5) is 5.69 Å². The lowest BCUT2D eigenvalue weighted by atomic mass is 10.0. The van der Waals surface area contributed by atoms with Crippen molar-refractivity contribution in [3.05, 3.63) is 65.0 Å². The van der Waals surface area contributed by atoms with Crippen LogP contribution in [0, 0.1) is 19.8 Å². The SMILES string of the molecule is Cc1cccc(C)c1NC(=O)CSc1nnc(C(C)Oc2ccc(C(C)C)cc2)n1CC(C)C. The van der Waals surface area contributed by atoms with Crippen LogP contribution in [0.1, 0.15) is 69.2 Å². The number of carbonyl (C=O) groups excluding carboxylic acids is 1. The standard InChI is InChI=1S/C27H36N4O2S/c1-17(2)15-31-26(21(7)33-23-13-11-22(12-14-23)18(3)4)29-30-27(31)34-16-24(32)28-25-19(5)9-8-10-20(25)6/h8-14,17-18,21H,15-16H2,1-7H3,(H,28,32). The molecule has 1 amide bonds. The molecule has 34 heavy (non-hydrogen) atoms. The van der Waals surface area contributed by atoms with Gasteiger partial charge in [0, 0.05) is 12.2 Å². The predicted molar refractivity (Wildman–Crippen MR) is 140 cm³/mol. The number of aryl methyl sites for hydroxylation is 2. The van der Waals surface area contributed by atoms with Crippen LogP contribution < -0.4 is 10.1 Å². The highest BCUT2D eigenvalue weighted by molar-refractivity contribution is 7.99. The zero-order valence-electron chi connectivity index (χ0n) is 21.3. The Hall–Kier alpha value is -2.80. The van der Waals surface area contributed by atoms with Crippen LogP contribution in [0.25, 0.3) is 0 Å². The van der Waals surface area contributed by atoms with Gasteiger partial charge in [-0.05, 0) is 61.4 Å². The van der Waals surface area contributed by atoms with Gasteiger partial charge in [0.25, 0.3) is 0 Å². The fourth-order valence-corrected chi connectivity index (χ4v) is 4.50. The van der Waals surface area contributed by atoms with E-state index in [9.17, 15) is 4.79 Å². The molecule has 6 nitrogen and oxygen atoms in total. The number of amides is 1. The van der Waals surface area contributed by atoms with Gasteiger partial charge in [-0.25, -0.2) is 0 Å². The summed E-state index contributed by atoms with van der Waals surface area (Å²) < 4.78 is 8.27. The van der Waals surface area contributed by atoms with E-state index in [2.05, 4.69) is 59.9 Å². The second-order valence-corrected chi connectivity index (χ2v) is 10.4. The molecule has 1 N–H and O–H groups in total. The molecule has 1 heterocycles. The number of carbonyl (C=O) groups is 1. The van der Waals surface area contributed by atoms with Crippen LogP contribution in [-0.4, -0.2) is 26.4 Å². The Morgan fingerprint density at radius 1 is 1.00 bits per heavy atom. The molecule has 1 unspecified atom stereocenters. The molecule has 1 atom stereocenters. The molecule has 0 saturated heterocycles. The Bertz CT molecular complexity index is 1090. The number of nitrogens with one attached hydrogen (secondary N) is 1. The van der Waals surface area contributed by atoms with Gasteiger partial charge in [-0.3, -0.25) is 4.79 Å². The van der Waals surface area contributed by atoms with E-state index in [4.69, 9.17) is 4.74 Å². The molecule has 0 aliphatic carbocycles. The quantitative estimate of drug-likeness (QED) is 0.333. The van der Waals surface area contributed by atoms with E-state index in [1.54, 1.807) is 0 Å². The molecule has 1 aromatic heterocycles. The Kier molecular flexibility index (Phi) is 8.78. The van der Waals surface area contributed by atoms with Crippen LogP contribution in [0.2, 0.25) is 0 Å². The van der Waals surface area contributed by atoms with Crippen molar-refractivity contribution in [2.75, 3.05) is 11.1 Å². The highest BCUT2D eigenvalue weighted by Crippen LogP contribution is 2.27. The summed E-state index contributed by atoms with van der Waals surface area (Å²) in [6.07, 6.45) is -0.269. The molecule has 182 valence electrons. The van der Waals surface area contributed by atoms with Crippen molar-refractivity contribution in [1.82, 2.24) is 14.8 Å². The molecular formula is C27H36N4O2S. The summed E-state index contributed by atoms with van der Waals surface area (Å²) in [6, 6.07) is 14.2. The Labute approximate surface area is 207 Å². The minimum absolute atomic E-state index is 0.0578. The first-order valence-corrected chi connectivity index (χ1v) is 12.8. The summed E-state index contributed by atoms with van der Waals surface area (Å²) in [5, 5.41) is 12.6. The normalized spacial score (nSPS) is 12.3. The summed E-state index contributed by atoms with van der Waals surface area (Å²) in [6.45, 7) is 15.4. The van der Waals surface area contributed by atoms with Crippen molar-refractivity contribution < 1.29 is 9.53 Å². The van der Waals surface area contributed by atoms with Crippen molar-refractivity contribution in [1.29, 1.82) is 0 Å². The lowest BCUT2D eigenvalue weighted by Crippen LogP contribution is -2.18. The molecule has 3 rings (SSSR count). The van der Waals surface area contributed by atoms with Gasteiger partial charge in [-0.1, -0.05) is 69.8 Å². The number of hydrogen-bond acceptors (Lipinski definition) is 5. The van der Waals surface area contributed by atoms with E-state index in [0.29, 0.717) is 11.8 Å². The molecule has 3 aromatic rings. The van der Waals surface area contributed by atoms with Crippen molar-refractivity contribution >= 4 is 23.4 Å². The lowest BCUT2D eigenvalue weighted by Gasteiger charge is -2.18. The van der Waals surface area contributed by atoms with E-state index in [1.807, 2.05) is 51.1 Å². The topological polar surface area (TPSA) is 69.0 Å². The number of anilines is 1. The average molecular weight is 481 g/mol. The van der Waals surface area contributed by atoms with Crippen LogP contribution in [0.5, 0.6) is 5.75 Å². The third-order valence-corrected chi connectivity index (χ3v) is 6.56. The fraction of sp³-hybridized carbons (Fsp3) is 0.444. The third kappa shape index (κ3) is 6.63. The van der Waals surface area contributed by atoms with Gasteiger partial charge in [0.15, 0.2) is 17.1 Å². The molecule has 0 saturated carbocycles. The predicted octanol–water partition coefficient (Wildman–Crippen LogP) is 6.55. The highest BCUT2D eigenvalue weighted by Gasteiger charge is 2.21. The maximum absolute atomic E-state index is 12.7. The van der Waals surface area contributed by atoms with E-state index < -0.39 is 0 Å². The molecule has 0 radical (unpaired) electrons. The number of nitrogens with zero attached hydrogens (tertiary/aromatic N) is 3. The molecule has 7 heteroatoms. The number of thioether (sulfide) groups is 1. The van der Waals surface area contributed by atoms with Gasteiger partial charge < -0.3 is 14.6 Å². The first kappa shape index (κ1) is 25.8. The number of para-hydroxylation sites is 1. The lowest BCUT2D eigenvalue weighted by molar-refractivity contribution is -0.113. The molecule has 0 aliphatic rings. The van der Waals surface area contributed by atoms with Crippen molar-refractivity contribution in [3.63, 3.8) is 0 Å². The Balaban J connectivity index is 1.71. The average Bonchev–Trinajstić information content (AvgIpc) is 3.17. The second kappa shape index (κ2) is 11.6.